The number of aromatic nitrogens is 5. The molecular formula is C13H14ClN5. The molecule has 6 heteroatoms. The van der Waals surface area contributed by atoms with E-state index in [0.717, 1.165) is 22.2 Å². The van der Waals surface area contributed by atoms with Crippen molar-refractivity contribution in [2.24, 2.45) is 7.05 Å². The molecule has 0 aliphatic carbocycles. The first-order valence-electron chi connectivity index (χ1n) is 6.09. The molecule has 0 bridgehead atoms. The number of rotatable bonds is 2. The molecule has 0 atom stereocenters. The van der Waals surface area contributed by atoms with Gasteiger partial charge in [0.2, 0.25) is 0 Å². The smallest absolute Gasteiger partial charge is 0.140 e. The summed E-state index contributed by atoms with van der Waals surface area (Å²) >= 11 is 6.20. The lowest BCUT2D eigenvalue weighted by Gasteiger charge is -2.02. The molecule has 3 rings (SSSR count). The maximum absolute atomic E-state index is 6.20. The zero-order chi connectivity index (χ0) is 13.6. The summed E-state index contributed by atoms with van der Waals surface area (Å²) in [4.78, 5) is 4.13. The number of pyridine rings is 1. The quantitative estimate of drug-likeness (QED) is 0.675. The van der Waals surface area contributed by atoms with Crippen LogP contribution in [0.25, 0.3) is 22.2 Å². The van der Waals surface area contributed by atoms with Gasteiger partial charge < -0.3 is 0 Å². The van der Waals surface area contributed by atoms with E-state index < -0.39 is 0 Å². The topological polar surface area (TPSA) is 48.5 Å². The minimum atomic E-state index is 0.317. The van der Waals surface area contributed by atoms with Gasteiger partial charge in [-0.15, -0.1) is 0 Å². The van der Waals surface area contributed by atoms with Gasteiger partial charge in [0.15, 0.2) is 0 Å². The first kappa shape index (κ1) is 12.2. The second-order valence-electron chi connectivity index (χ2n) is 4.77. The molecule has 0 amide bonds. The van der Waals surface area contributed by atoms with Crippen molar-refractivity contribution >= 4 is 22.5 Å². The van der Waals surface area contributed by atoms with Gasteiger partial charge in [0, 0.05) is 31.0 Å². The van der Waals surface area contributed by atoms with E-state index >= 15 is 0 Å². The molecule has 0 fully saturated rings. The van der Waals surface area contributed by atoms with Crippen molar-refractivity contribution in [3.8, 4) is 11.3 Å². The monoisotopic (exact) mass is 275 g/mol. The molecule has 3 heterocycles. The number of aryl methyl sites for hydroxylation is 1. The van der Waals surface area contributed by atoms with Crippen molar-refractivity contribution in [3.63, 3.8) is 0 Å². The Kier molecular flexibility index (Phi) is 2.78. The van der Waals surface area contributed by atoms with Crippen LogP contribution in [0.15, 0.2) is 24.7 Å². The Balaban J connectivity index is 2.24. The number of nitrogens with zero attached hydrogens (tertiary/aromatic N) is 5. The highest BCUT2D eigenvalue weighted by Crippen LogP contribution is 2.31. The van der Waals surface area contributed by atoms with Gasteiger partial charge >= 0.3 is 0 Å². The fourth-order valence-electron chi connectivity index (χ4n) is 2.11. The van der Waals surface area contributed by atoms with Gasteiger partial charge in [-0.1, -0.05) is 11.6 Å². The first-order valence-corrected chi connectivity index (χ1v) is 6.47. The van der Waals surface area contributed by atoms with Crippen molar-refractivity contribution in [2.75, 3.05) is 0 Å². The Labute approximate surface area is 115 Å². The van der Waals surface area contributed by atoms with Crippen molar-refractivity contribution in [1.82, 2.24) is 24.5 Å². The third-order valence-electron chi connectivity index (χ3n) is 3.12. The number of halogens is 1. The van der Waals surface area contributed by atoms with Crippen molar-refractivity contribution < 1.29 is 0 Å². The molecule has 3 aromatic rings. The van der Waals surface area contributed by atoms with Gasteiger partial charge in [-0.05, 0) is 19.9 Å². The van der Waals surface area contributed by atoms with E-state index in [2.05, 4.69) is 29.0 Å². The zero-order valence-electron chi connectivity index (χ0n) is 11.0. The normalized spacial score (nSPS) is 11.6. The van der Waals surface area contributed by atoms with Crippen LogP contribution in [-0.4, -0.2) is 24.5 Å². The van der Waals surface area contributed by atoms with E-state index in [1.807, 2.05) is 34.9 Å². The highest BCUT2D eigenvalue weighted by atomic mass is 35.5. The summed E-state index contributed by atoms with van der Waals surface area (Å²) in [7, 11) is 1.90. The minimum absolute atomic E-state index is 0.317. The maximum atomic E-state index is 6.20. The Hall–Kier alpha value is -1.88. The predicted molar refractivity (Wildman–Crippen MR) is 75.1 cm³/mol. The van der Waals surface area contributed by atoms with Gasteiger partial charge in [0.1, 0.15) is 10.8 Å². The van der Waals surface area contributed by atoms with Crippen LogP contribution in [0.3, 0.4) is 0 Å². The largest absolute Gasteiger partial charge is 0.270 e. The zero-order valence-corrected chi connectivity index (χ0v) is 11.8. The maximum Gasteiger partial charge on any atom is 0.140 e. The Morgan fingerprint density at radius 1 is 1.32 bits per heavy atom. The van der Waals surface area contributed by atoms with Crippen LogP contribution in [0, 0.1) is 0 Å². The summed E-state index contributed by atoms with van der Waals surface area (Å²) in [6.07, 6.45) is 5.48. The van der Waals surface area contributed by atoms with Crippen LogP contribution in [0.1, 0.15) is 19.9 Å². The average Bonchev–Trinajstić information content (AvgIpc) is 2.95. The van der Waals surface area contributed by atoms with E-state index in [1.54, 1.807) is 6.20 Å². The molecule has 3 aromatic heterocycles. The molecule has 0 radical (unpaired) electrons. The summed E-state index contributed by atoms with van der Waals surface area (Å²) in [6, 6.07) is 2.22. The van der Waals surface area contributed by atoms with Crippen molar-refractivity contribution in [1.29, 1.82) is 0 Å². The highest BCUT2D eigenvalue weighted by molar-refractivity contribution is 6.35. The Bertz CT molecular complexity index is 741. The summed E-state index contributed by atoms with van der Waals surface area (Å²) in [5, 5.41) is 10.2. The molecular weight excluding hydrogens is 262 g/mol. The van der Waals surface area contributed by atoms with E-state index in [4.69, 9.17) is 11.6 Å². The molecule has 0 aliphatic heterocycles. The second-order valence-corrected chi connectivity index (χ2v) is 5.13. The van der Waals surface area contributed by atoms with E-state index in [9.17, 15) is 0 Å². The standard InChI is InChI=1S/C13H14ClN5/c1-8(2)19-7-9(6-16-19)12-11-10(18(3)17-12)4-5-15-13(11)14/h4-8H,1-3H3. The van der Waals surface area contributed by atoms with Gasteiger partial charge in [0.05, 0.1) is 17.1 Å². The Morgan fingerprint density at radius 2 is 2.11 bits per heavy atom. The SMILES string of the molecule is CC(C)n1cc(-c2nn(C)c3ccnc(Cl)c23)cn1. The summed E-state index contributed by atoms with van der Waals surface area (Å²) in [5.74, 6) is 0. The molecule has 0 spiro atoms. The molecule has 0 aromatic carbocycles. The average molecular weight is 276 g/mol. The van der Waals surface area contributed by atoms with Gasteiger partial charge in [-0.25, -0.2) is 4.98 Å². The number of hydrogen-bond donors (Lipinski definition) is 0. The molecule has 0 unspecified atom stereocenters. The summed E-state index contributed by atoms with van der Waals surface area (Å²) in [5.41, 5.74) is 2.74. The molecule has 5 nitrogen and oxygen atoms in total. The molecule has 0 N–H and O–H groups in total. The van der Waals surface area contributed by atoms with Crippen LogP contribution in [-0.2, 0) is 7.05 Å². The third kappa shape index (κ3) is 1.90. The Morgan fingerprint density at radius 3 is 2.79 bits per heavy atom. The highest BCUT2D eigenvalue weighted by Gasteiger charge is 2.16. The minimum Gasteiger partial charge on any atom is -0.270 e. The lowest BCUT2D eigenvalue weighted by molar-refractivity contribution is 0.532. The second kappa shape index (κ2) is 4.35. The fourth-order valence-corrected chi connectivity index (χ4v) is 2.36. The van der Waals surface area contributed by atoms with E-state index in [1.165, 1.54) is 0 Å². The van der Waals surface area contributed by atoms with Crippen molar-refractivity contribution in [2.45, 2.75) is 19.9 Å². The summed E-state index contributed by atoms with van der Waals surface area (Å²) in [6.45, 7) is 4.17. The molecule has 0 saturated heterocycles. The molecule has 19 heavy (non-hydrogen) atoms. The van der Waals surface area contributed by atoms with E-state index in [0.29, 0.717) is 11.2 Å². The van der Waals surface area contributed by atoms with Crippen LogP contribution in [0.4, 0.5) is 0 Å². The molecule has 0 aliphatic rings. The van der Waals surface area contributed by atoms with Crippen LogP contribution in [0.5, 0.6) is 0 Å². The van der Waals surface area contributed by atoms with Gasteiger partial charge in [-0.2, -0.15) is 10.2 Å². The fraction of sp³-hybridized carbons (Fsp3) is 0.308. The summed E-state index contributed by atoms with van der Waals surface area (Å²) < 4.78 is 3.71. The van der Waals surface area contributed by atoms with Crippen molar-refractivity contribution in [3.05, 3.63) is 29.8 Å². The predicted octanol–water partition coefficient (Wildman–Crippen LogP) is 3.07. The molecule has 98 valence electrons. The number of fused-ring (bicyclic) bond motifs is 1. The lowest BCUT2D eigenvalue weighted by atomic mass is 10.2. The molecule has 0 saturated carbocycles. The first-order chi connectivity index (χ1) is 9.08. The van der Waals surface area contributed by atoms with E-state index in [-0.39, 0.29) is 0 Å². The third-order valence-corrected chi connectivity index (χ3v) is 3.41. The lowest BCUT2D eigenvalue weighted by Crippen LogP contribution is -1.99. The van der Waals surface area contributed by atoms with Gasteiger partial charge in [-0.3, -0.25) is 9.36 Å². The van der Waals surface area contributed by atoms with Crippen LogP contribution >= 0.6 is 11.6 Å². The number of hydrogen-bond acceptors (Lipinski definition) is 3. The van der Waals surface area contributed by atoms with Gasteiger partial charge in [0.25, 0.3) is 0 Å². The van der Waals surface area contributed by atoms with Crippen LogP contribution < -0.4 is 0 Å². The van der Waals surface area contributed by atoms with Crippen LogP contribution in [0.2, 0.25) is 5.15 Å².